The Hall–Kier alpha value is -0.990. The number of hydrogen-bond donors (Lipinski definition) is 1. The maximum Gasteiger partial charge on any atom is 0.335 e. The molecule has 0 bridgehead atoms. The Bertz CT molecular complexity index is 185. The number of hydrogen-bond acceptors (Lipinski definition) is 3. The summed E-state index contributed by atoms with van der Waals surface area (Å²) in [5, 5.41) is 0. The van der Waals surface area contributed by atoms with Gasteiger partial charge in [0.25, 0.3) is 0 Å². The molecule has 0 aromatic heterocycles. The summed E-state index contributed by atoms with van der Waals surface area (Å²) in [5.74, 6) is -0.302. The van der Waals surface area contributed by atoms with Crippen molar-refractivity contribution in [1.29, 1.82) is 0 Å². The summed E-state index contributed by atoms with van der Waals surface area (Å²) in [6, 6.07) is 0. The van der Waals surface area contributed by atoms with Gasteiger partial charge in [-0.3, -0.25) is 0 Å². The molecule has 12 heavy (non-hydrogen) atoms. The summed E-state index contributed by atoms with van der Waals surface area (Å²) >= 11 is 0. The first-order chi connectivity index (χ1) is 5.63. The van der Waals surface area contributed by atoms with Crippen LogP contribution in [0.25, 0.3) is 0 Å². The van der Waals surface area contributed by atoms with Crippen LogP contribution in [0.3, 0.4) is 0 Å². The largest absolute Gasteiger partial charge is 0.463 e. The number of carbonyl (C=O) groups is 1. The normalized spacial score (nSPS) is 12.2. The number of nitrogens with two attached hydrogens (primary N) is 1. The summed E-state index contributed by atoms with van der Waals surface area (Å²) < 4.78 is 4.79. The average molecular weight is 171 g/mol. The second-order valence-corrected chi connectivity index (χ2v) is 2.62. The maximum atomic E-state index is 11.1. The number of ether oxygens (including phenoxy) is 1. The molecule has 0 aliphatic rings. The zero-order chi connectivity index (χ0) is 9.56. The highest BCUT2D eigenvalue weighted by Gasteiger charge is 2.07. The van der Waals surface area contributed by atoms with Crippen LogP contribution in [0.4, 0.5) is 0 Å². The van der Waals surface area contributed by atoms with Gasteiger partial charge in [-0.05, 0) is 20.3 Å². The molecule has 0 aliphatic heterocycles. The van der Waals surface area contributed by atoms with Crippen LogP contribution in [-0.2, 0) is 9.53 Å². The lowest BCUT2D eigenvalue weighted by molar-refractivity contribution is -0.138. The quantitative estimate of drug-likeness (QED) is 0.516. The van der Waals surface area contributed by atoms with Crippen LogP contribution in [0, 0.1) is 0 Å². The molecule has 0 amide bonds. The van der Waals surface area contributed by atoms with E-state index in [1.54, 1.807) is 13.8 Å². The third-order valence-electron chi connectivity index (χ3n) is 1.58. The molecule has 0 aromatic carbocycles. The van der Waals surface area contributed by atoms with Crippen molar-refractivity contribution in [2.24, 2.45) is 5.73 Å². The van der Waals surface area contributed by atoms with E-state index in [-0.39, 0.29) is 5.97 Å². The monoisotopic (exact) mass is 171 g/mol. The van der Waals surface area contributed by atoms with E-state index < -0.39 is 0 Å². The Morgan fingerprint density at radius 1 is 1.42 bits per heavy atom. The standard InChI is InChI=1S/C9H17NO2/c1-4-6-8(10)7(3)9(11)12-5-2/h4-6,10H2,1-3H3. The first-order valence-corrected chi connectivity index (χ1v) is 4.25. The van der Waals surface area contributed by atoms with E-state index in [1.807, 2.05) is 6.92 Å². The van der Waals surface area contributed by atoms with Gasteiger partial charge in [-0.1, -0.05) is 13.3 Å². The first-order valence-electron chi connectivity index (χ1n) is 4.25. The minimum Gasteiger partial charge on any atom is -0.463 e. The van der Waals surface area contributed by atoms with Gasteiger partial charge in [-0.15, -0.1) is 0 Å². The highest BCUT2D eigenvalue weighted by Crippen LogP contribution is 2.06. The van der Waals surface area contributed by atoms with E-state index in [0.29, 0.717) is 17.9 Å². The Morgan fingerprint density at radius 3 is 2.42 bits per heavy atom. The Labute approximate surface area is 73.6 Å². The topological polar surface area (TPSA) is 52.3 Å². The highest BCUT2D eigenvalue weighted by atomic mass is 16.5. The smallest absolute Gasteiger partial charge is 0.335 e. The molecule has 0 aromatic rings. The van der Waals surface area contributed by atoms with Gasteiger partial charge in [0.05, 0.1) is 12.2 Å². The lowest BCUT2D eigenvalue weighted by atomic mass is 10.1. The molecule has 0 saturated carbocycles. The van der Waals surface area contributed by atoms with Gasteiger partial charge in [-0.2, -0.15) is 0 Å². The predicted molar refractivity (Wildman–Crippen MR) is 48.4 cm³/mol. The van der Waals surface area contributed by atoms with Crippen LogP contribution in [0.15, 0.2) is 11.3 Å². The molecular formula is C9H17NO2. The molecule has 0 unspecified atom stereocenters. The number of esters is 1. The van der Waals surface area contributed by atoms with Crippen molar-refractivity contribution in [2.45, 2.75) is 33.6 Å². The Balaban J connectivity index is 4.22. The molecule has 0 fully saturated rings. The van der Waals surface area contributed by atoms with E-state index in [9.17, 15) is 4.79 Å². The lowest BCUT2D eigenvalue weighted by Crippen LogP contribution is -2.11. The second-order valence-electron chi connectivity index (χ2n) is 2.62. The molecule has 3 heteroatoms. The summed E-state index contributed by atoms with van der Waals surface area (Å²) in [5.41, 5.74) is 6.81. The van der Waals surface area contributed by atoms with E-state index in [1.165, 1.54) is 0 Å². The van der Waals surface area contributed by atoms with E-state index in [0.717, 1.165) is 12.8 Å². The molecule has 0 atom stereocenters. The summed E-state index contributed by atoms with van der Waals surface area (Å²) in [4.78, 5) is 11.1. The van der Waals surface area contributed by atoms with Crippen molar-refractivity contribution in [3.05, 3.63) is 11.3 Å². The van der Waals surface area contributed by atoms with Gasteiger partial charge >= 0.3 is 5.97 Å². The molecule has 0 rings (SSSR count). The minimum absolute atomic E-state index is 0.302. The fourth-order valence-corrected chi connectivity index (χ4v) is 0.827. The minimum atomic E-state index is -0.302. The fraction of sp³-hybridized carbons (Fsp3) is 0.667. The fourth-order valence-electron chi connectivity index (χ4n) is 0.827. The van der Waals surface area contributed by atoms with Crippen LogP contribution in [0.2, 0.25) is 0 Å². The number of carbonyl (C=O) groups excluding carboxylic acids is 1. The molecule has 0 aliphatic carbocycles. The van der Waals surface area contributed by atoms with Crippen molar-refractivity contribution in [3.8, 4) is 0 Å². The summed E-state index contributed by atoms with van der Waals surface area (Å²) in [7, 11) is 0. The average Bonchev–Trinajstić information content (AvgIpc) is 2.04. The molecular weight excluding hydrogens is 154 g/mol. The molecule has 0 spiro atoms. The molecule has 0 heterocycles. The lowest BCUT2D eigenvalue weighted by Gasteiger charge is -2.05. The van der Waals surface area contributed by atoms with Gasteiger partial charge in [-0.25, -0.2) is 4.79 Å². The van der Waals surface area contributed by atoms with Crippen LogP contribution in [0.1, 0.15) is 33.6 Å². The van der Waals surface area contributed by atoms with E-state index in [4.69, 9.17) is 10.5 Å². The van der Waals surface area contributed by atoms with Gasteiger partial charge in [0.2, 0.25) is 0 Å². The Morgan fingerprint density at radius 2 is 2.00 bits per heavy atom. The first kappa shape index (κ1) is 11.0. The van der Waals surface area contributed by atoms with Crippen LogP contribution >= 0.6 is 0 Å². The molecule has 0 radical (unpaired) electrons. The Kier molecular flexibility index (Phi) is 5.17. The van der Waals surface area contributed by atoms with Crippen molar-refractivity contribution in [2.75, 3.05) is 6.61 Å². The maximum absolute atomic E-state index is 11.1. The van der Waals surface area contributed by atoms with Crippen molar-refractivity contribution in [3.63, 3.8) is 0 Å². The van der Waals surface area contributed by atoms with Gasteiger partial charge in [0.1, 0.15) is 0 Å². The number of allylic oxidation sites excluding steroid dienone is 1. The van der Waals surface area contributed by atoms with Crippen LogP contribution < -0.4 is 5.73 Å². The summed E-state index contributed by atoms with van der Waals surface area (Å²) in [6.07, 6.45) is 1.70. The highest BCUT2D eigenvalue weighted by molar-refractivity contribution is 5.88. The summed E-state index contributed by atoms with van der Waals surface area (Å²) in [6.45, 7) is 5.89. The molecule has 2 N–H and O–H groups in total. The predicted octanol–water partition coefficient (Wildman–Crippen LogP) is 1.58. The van der Waals surface area contributed by atoms with Crippen molar-refractivity contribution < 1.29 is 9.53 Å². The van der Waals surface area contributed by atoms with E-state index in [2.05, 4.69) is 0 Å². The van der Waals surface area contributed by atoms with Crippen molar-refractivity contribution >= 4 is 5.97 Å². The molecule has 3 nitrogen and oxygen atoms in total. The van der Waals surface area contributed by atoms with Gasteiger partial charge < -0.3 is 10.5 Å². The van der Waals surface area contributed by atoms with Gasteiger partial charge in [0, 0.05) is 5.70 Å². The third kappa shape index (κ3) is 3.42. The number of rotatable bonds is 4. The third-order valence-corrected chi connectivity index (χ3v) is 1.58. The van der Waals surface area contributed by atoms with Crippen LogP contribution in [-0.4, -0.2) is 12.6 Å². The zero-order valence-corrected chi connectivity index (χ0v) is 8.02. The second kappa shape index (κ2) is 5.63. The SMILES string of the molecule is CCCC(N)=C(C)C(=O)OCC. The van der Waals surface area contributed by atoms with Gasteiger partial charge in [0.15, 0.2) is 0 Å². The zero-order valence-electron chi connectivity index (χ0n) is 8.02. The van der Waals surface area contributed by atoms with Crippen LogP contribution in [0.5, 0.6) is 0 Å². The molecule has 70 valence electrons. The van der Waals surface area contributed by atoms with E-state index >= 15 is 0 Å². The van der Waals surface area contributed by atoms with Crippen molar-refractivity contribution in [1.82, 2.24) is 0 Å². The molecule has 0 saturated heterocycles.